The molecule has 1 aromatic heterocycles. The van der Waals surface area contributed by atoms with Crippen LogP contribution >= 0.6 is 43.2 Å². The summed E-state index contributed by atoms with van der Waals surface area (Å²) in [5, 5.41) is 3.04. The topological polar surface area (TPSA) is 38.9 Å². The Bertz CT molecular complexity index is 451. The van der Waals surface area contributed by atoms with Crippen LogP contribution in [0.15, 0.2) is 38.7 Å². The van der Waals surface area contributed by atoms with Gasteiger partial charge in [-0.25, -0.2) is 4.98 Å². The van der Waals surface area contributed by atoms with Crippen molar-refractivity contribution < 1.29 is 0 Å². The summed E-state index contributed by atoms with van der Waals surface area (Å²) in [4.78, 5) is 4.24. The molecule has 1 atom stereocenters. The minimum Gasteiger partial charge on any atom is -0.324 e. The summed E-state index contributed by atoms with van der Waals surface area (Å²) in [6, 6.07) is 6.08. The molecule has 5 heteroatoms. The van der Waals surface area contributed by atoms with Gasteiger partial charge in [-0.2, -0.15) is 0 Å². The smallest absolute Gasteiger partial charge is 0.0943 e. The van der Waals surface area contributed by atoms with E-state index in [2.05, 4.69) is 36.8 Å². The van der Waals surface area contributed by atoms with Gasteiger partial charge in [0.05, 0.1) is 5.01 Å². The van der Waals surface area contributed by atoms with Gasteiger partial charge in [0.25, 0.3) is 0 Å². The van der Waals surface area contributed by atoms with Gasteiger partial charge in [-0.05, 0) is 23.8 Å². The number of benzene rings is 1. The molecule has 0 aliphatic carbocycles. The standard InChI is InChI=1S/C11H10Br2N2S/c12-8-3-7(4-9(13)5-8)10(14)6-11-15-1-2-16-11/h1-5,10H,6,14H2. The molecule has 84 valence electrons. The summed E-state index contributed by atoms with van der Waals surface area (Å²) in [5.74, 6) is 0. The zero-order chi connectivity index (χ0) is 11.5. The molecule has 0 aliphatic heterocycles. The Kier molecular flexibility index (Phi) is 4.13. The second-order valence-electron chi connectivity index (χ2n) is 3.44. The summed E-state index contributed by atoms with van der Waals surface area (Å²) in [7, 11) is 0. The van der Waals surface area contributed by atoms with Crippen LogP contribution in [0.5, 0.6) is 0 Å². The van der Waals surface area contributed by atoms with E-state index in [1.165, 1.54) is 0 Å². The number of nitrogens with two attached hydrogens (primary N) is 1. The van der Waals surface area contributed by atoms with Crippen LogP contribution in [0, 0.1) is 0 Å². The van der Waals surface area contributed by atoms with Crippen molar-refractivity contribution >= 4 is 43.2 Å². The van der Waals surface area contributed by atoms with Crippen LogP contribution in [0.3, 0.4) is 0 Å². The summed E-state index contributed by atoms with van der Waals surface area (Å²) in [6.45, 7) is 0. The first-order valence-corrected chi connectivity index (χ1v) is 7.21. The van der Waals surface area contributed by atoms with Gasteiger partial charge >= 0.3 is 0 Å². The molecule has 0 aliphatic rings. The highest BCUT2D eigenvalue weighted by atomic mass is 79.9. The Hall–Kier alpha value is -0.230. The molecule has 2 nitrogen and oxygen atoms in total. The number of hydrogen-bond acceptors (Lipinski definition) is 3. The lowest BCUT2D eigenvalue weighted by Gasteiger charge is -2.11. The van der Waals surface area contributed by atoms with Crippen LogP contribution in [-0.2, 0) is 6.42 Å². The highest BCUT2D eigenvalue weighted by molar-refractivity contribution is 9.11. The highest BCUT2D eigenvalue weighted by Gasteiger charge is 2.10. The molecule has 0 amide bonds. The first kappa shape index (κ1) is 12.2. The third-order valence-electron chi connectivity index (χ3n) is 2.19. The van der Waals surface area contributed by atoms with Crippen LogP contribution in [0.2, 0.25) is 0 Å². The van der Waals surface area contributed by atoms with Crippen molar-refractivity contribution in [3.05, 3.63) is 49.3 Å². The molecule has 2 aromatic rings. The number of aromatic nitrogens is 1. The van der Waals surface area contributed by atoms with Gasteiger partial charge in [0, 0.05) is 33.0 Å². The van der Waals surface area contributed by atoms with Gasteiger partial charge < -0.3 is 5.73 Å². The second kappa shape index (κ2) is 5.40. The SMILES string of the molecule is NC(Cc1nccs1)c1cc(Br)cc(Br)c1. The van der Waals surface area contributed by atoms with E-state index in [9.17, 15) is 0 Å². The van der Waals surface area contributed by atoms with Gasteiger partial charge in [0.1, 0.15) is 0 Å². The molecule has 16 heavy (non-hydrogen) atoms. The average Bonchev–Trinajstić information content (AvgIpc) is 2.68. The van der Waals surface area contributed by atoms with E-state index in [1.807, 2.05) is 29.8 Å². The van der Waals surface area contributed by atoms with Crippen molar-refractivity contribution in [2.75, 3.05) is 0 Å². The highest BCUT2D eigenvalue weighted by Crippen LogP contribution is 2.25. The monoisotopic (exact) mass is 360 g/mol. The molecule has 1 unspecified atom stereocenters. The van der Waals surface area contributed by atoms with Crippen LogP contribution in [0.4, 0.5) is 0 Å². The zero-order valence-corrected chi connectivity index (χ0v) is 12.3. The molecule has 0 bridgehead atoms. The Morgan fingerprint density at radius 1 is 1.25 bits per heavy atom. The minimum atomic E-state index is -0.0139. The van der Waals surface area contributed by atoms with Crippen molar-refractivity contribution in [1.29, 1.82) is 0 Å². The lowest BCUT2D eigenvalue weighted by atomic mass is 10.1. The molecule has 1 aromatic carbocycles. The molecule has 2 rings (SSSR count). The molecule has 0 saturated heterocycles. The Morgan fingerprint density at radius 3 is 2.50 bits per heavy atom. The Morgan fingerprint density at radius 2 is 1.94 bits per heavy atom. The van der Waals surface area contributed by atoms with Gasteiger partial charge in [-0.3, -0.25) is 0 Å². The molecule has 0 spiro atoms. The number of rotatable bonds is 3. The average molecular weight is 362 g/mol. The van der Waals surface area contributed by atoms with E-state index < -0.39 is 0 Å². The lowest BCUT2D eigenvalue weighted by molar-refractivity contribution is 0.717. The van der Waals surface area contributed by atoms with Crippen molar-refractivity contribution in [2.24, 2.45) is 5.73 Å². The Labute approximate surface area is 115 Å². The maximum absolute atomic E-state index is 6.15. The first-order chi connectivity index (χ1) is 7.65. The molecule has 0 fully saturated rings. The van der Waals surface area contributed by atoms with Gasteiger partial charge in [-0.15, -0.1) is 11.3 Å². The van der Waals surface area contributed by atoms with Crippen molar-refractivity contribution in [3.8, 4) is 0 Å². The maximum Gasteiger partial charge on any atom is 0.0943 e. The zero-order valence-electron chi connectivity index (χ0n) is 8.36. The van der Waals surface area contributed by atoms with Crippen molar-refractivity contribution in [1.82, 2.24) is 4.98 Å². The Balaban J connectivity index is 2.17. The van der Waals surface area contributed by atoms with Crippen LogP contribution < -0.4 is 5.73 Å². The first-order valence-electron chi connectivity index (χ1n) is 4.75. The predicted molar refractivity (Wildman–Crippen MR) is 74.6 cm³/mol. The third kappa shape index (κ3) is 3.13. The molecule has 0 radical (unpaired) electrons. The fourth-order valence-electron chi connectivity index (χ4n) is 1.45. The predicted octanol–water partition coefficient (Wildman–Crippen LogP) is 3.91. The fourth-order valence-corrected chi connectivity index (χ4v) is 3.45. The van der Waals surface area contributed by atoms with Gasteiger partial charge in [0.2, 0.25) is 0 Å². The van der Waals surface area contributed by atoms with E-state index in [-0.39, 0.29) is 6.04 Å². The fraction of sp³-hybridized carbons (Fsp3) is 0.182. The van der Waals surface area contributed by atoms with Crippen molar-refractivity contribution in [2.45, 2.75) is 12.5 Å². The normalized spacial score (nSPS) is 12.7. The van der Waals surface area contributed by atoms with Crippen LogP contribution in [-0.4, -0.2) is 4.98 Å². The molecular formula is C11H10Br2N2S. The van der Waals surface area contributed by atoms with E-state index in [1.54, 1.807) is 11.3 Å². The summed E-state index contributed by atoms with van der Waals surface area (Å²) >= 11 is 8.56. The van der Waals surface area contributed by atoms with Crippen molar-refractivity contribution in [3.63, 3.8) is 0 Å². The van der Waals surface area contributed by atoms with E-state index in [0.717, 1.165) is 25.9 Å². The number of thiazole rings is 1. The number of halogens is 2. The van der Waals surface area contributed by atoms with E-state index in [4.69, 9.17) is 5.73 Å². The molecular weight excluding hydrogens is 352 g/mol. The number of nitrogens with zero attached hydrogens (tertiary/aromatic N) is 1. The molecule has 1 heterocycles. The van der Waals surface area contributed by atoms with Gasteiger partial charge in [-0.1, -0.05) is 31.9 Å². The molecule has 0 saturated carbocycles. The van der Waals surface area contributed by atoms with Crippen LogP contribution in [0.25, 0.3) is 0 Å². The van der Waals surface area contributed by atoms with E-state index in [0.29, 0.717) is 0 Å². The van der Waals surface area contributed by atoms with Crippen LogP contribution in [0.1, 0.15) is 16.6 Å². The quantitative estimate of drug-likeness (QED) is 0.899. The summed E-state index contributed by atoms with van der Waals surface area (Å²) in [5.41, 5.74) is 7.26. The maximum atomic E-state index is 6.15. The second-order valence-corrected chi connectivity index (χ2v) is 6.25. The summed E-state index contributed by atoms with van der Waals surface area (Å²) in [6.07, 6.45) is 2.59. The van der Waals surface area contributed by atoms with E-state index >= 15 is 0 Å². The minimum absolute atomic E-state index is 0.0139. The molecule has 2 N–H and O–H groups in total. The third-order valence-corrected chi connectivity index (χ3v) is 3.91. The number of hydrogen-bond donors (Lipinski definition) is 1. The lowest BCUT2D eigenvalue weighted by Crippen LogP contribution is -2.13. The largest absolute Gasteiger partial charge is 0.324 e. The summed E-state index contributed by atoms with van der Waals surface area (Å²) < 4.78 is 2.07. The van der Waals surface area contributed by atoms with Gasteiger partial charge in [0.15, 0.2) is 0 Å².